The van der Waals surface area contributed by atoms with Crippen molar-refractivity contribution in [1.29, 1.82) is 0 Å². The van der Waals surface area contributed by atoms with Crippen LogP contribution in [0.15, 0.2) is 0 Å². The molecule has 5 nitrogen and oxygen atoms in total. The number of carbonyl (C=O) groups is 1. The normalized spacial score (nSPS) is 32.5. The highest BCUT2D eigenvalue weighted by Gasteiger charge is 2.33. The van der Waals surface area contributed by atoms with E-state index in [0.717, 1.165) is 38.4 Å². The van der Waals surface area contributed by atoms with Crippen LogP contribution in [0.3, 0.4) is 0 Å². The van der Waals surface area contributed by atoms with Crippen LogP contribution in [0, 0.1) is 5.92 Å². The minimum Gasteiger partial charge on any atom is -0.375 e. The Morgan fingerprint density at radius 3 is 2.57 bits per heavy atom. The van der Waals surface area contributed by atoms with E-state index >= 15 is 0 Å². The number of likely N-dealkylation sites (tertiary alicyclic amines) is 2. The van der Waals surface area contributed by atoms with E-state index in [0.29, 0.717) is 6.61 Å². The van der Waals surface area contributed by atoms with Gasteiger partial charge in [0.05, 0.1) is 12.7 Å². The van der Waals surface area contributed by atoms with Crippen molar-refractivity contribution in [3.8, 4) is 0 Å². The topological polar surface area (TPSA) is 44.8 Å². The highest BCUT2D eigenvalue weighted by molar-refractivity contribution is 5.82. The first-order valence-corrected chi connectivity index (χ1v) is 8.60. The fourth-order valence-corrected chi connectivity index (χ4v) is 3.87. The van der Waals surface area contributed by atoms with Crippen molar-refractivity contribution in [2.24, 2.45) is 5.92 Å². The largest absolute Gasteiger partial charge is 0.375 e. The number of amides is 1. The summed E-state index contributed by atoms with van der Waals surface area (Å²) in [5.41, 5.74) is 0. The molecule has 3 aliphatic rings. The molecule has 0 spiro atoms. The minimum atomic E-state index is -0.145. The summed E-state index contributed by atoms with van der Waals surface area (Å²) >= 11 is 0. The number of hydrogen-bond acceptors (Lipinski definition) is 4. The lowest BCUT2D eigenvalue weighted by molar-refractivity contribution is -0.140. The van der Waals surface area contributed by atoms with Gasteiger partial charge in [-0.1, -0.05) is 0 Å². The molecular formula is C16H29N3O2. The minimum absolute atomic E-state index is 0.00595. The lowest BCUT2D eigenvalue weighted by atomic mass is 9.95. The van der Waals surface area contributed by atoms with Crippen LogP contribution in [0.2, 0.25) is 0 Å². The van der Waals surface area contributed by atoms with E-state index in [1.54, 1.807) is 0 Å². The second kappa shape index (κ2) is 7.07. The third-order valence-electron chi connectivity index (χ3n) is 5.22. The fourth-order valence-electron chi connectivity index (χ4n) is 3.87. The van der Waals surface area contributed by atoms with Crippen LogP contribution in [0.5, 0.6) is 0 Å². The fraction of sp³-hybridized carbons (Fsp3) is 0.938. The molecule has 0 bridgehead atoms. The van der Waals surface area contributed by atoms with Crippen molar-refractivity contribution < 1.29 is 9.53 Å². The summed E-state index contributed by atoms with van der Waals surface area (Å²) in [6.45, 7) is 9.12. The van der Waals surface area contributed by atoms with Gasteiger partial charge in [-0.25, -0.2) is 0 Å². The number of hydrogen-bond donors (Lipinski definition) is 1. The van der Waals surface area contributed by atoms with Gasteiger partial charge in [0.15, 0.2) is 0 Å². The number of carbonyl (C=O) groups excluding carboxylic acids is 1. The lowest BCUT2D eigenvalue weighted by Gasteiger charge is -2.38. The molecule has 3 aliphatic heterocycles. The Bertz CT molecular complexity index is 349. The maximum absolute atomic E-state index is 12.6. The highest BCUT2D eigenvalue weighted by atomic mass is 16.5. The number of morpholine rings is 1. The summed E-state index contributed by atoms with van der Waals surface area (Å²) in [5.74, 6) is 1.02. The standard InChI is InChI=1S/C16H29N3O2/c1-13-15(17-6-11-21-13)16(20)19-9-4-14(5-10-19)12-18-7-2-3-8-18/h13-15,17H,2-12H2,1H3/t13-,15+/m1/s1. The van der Waals surface area contributed by atoms with Gasteiger partial charge < -0.3 is 19.9 Å². The van der Waals surface area contributed by atoms with Crippen molar-refractivity contribution in [1.82, 2.24) is 15.1 Å². The monoisotopic (exact) mass is 295 g/mol. The van der Waals surface area contributed by atoms with Crippen LogP contribution in [-0.2, 0) is 9.53 Å². The second-order valence-electron chi connectivity index (χ2n) is 6.78. The Morgan fingerprint density at radius 1 is 1.19 bits per heavy atom. The molecule has 120 valence electrons. The van der Waals surface area contributed by atoms with E-state index in [1.165, 1.54) is 32.5 Å². The van der Waals surface area contributed by atoms with Gasteiger partial charge in [0.1, 0.15) is 6.04 Å². The summed E-state index contributed by atoms with van der Waals surface area (Å²) in [5, 5.41) is 3.31. The second-order valence-corrected chi connectivity index (χ2v) is 6.78. The molecule has 0 radical (unpaired) electrons. The predicted octanol–water partition coefficient (Wildman–Crippen LogP) is 0.698. The molecule has 1 N–H and O–H groups in total. The average molecular weight is 295 g/mol. The molecule has 3 saturated heterocycles. The molecule has 0 aromatic rings. The zero-order valence-electron chi connectivity index (χ0n) is 13.2. The predicted molar refractivity (Wildman–Crippen MR) is 82.2 cm³/mol. The third-order valence-corrected chi connectivity index (χ3v) is 5.22. The van der Waals surface area contributed by atoms with Crippen molar-refractivity contribution in [2.75, 3.05) is 45.9 Å². The lowest BCUT2D eigenvalue weighted by Crippen LogP contribution is -2.57. The van der Waals surface area contributed by atoms with Crippen LogP contribution in [0.4, 0.5) is 0 Å². The maximum Gasteiger partial charge on any atom is 0.242 e. The van der Waals surface area contributed by atoms with Gasteiger partial charge in [-0.3, -0.25) is 4.79 Å². The van der Waals surface area contributed by atoms with Gasteiger partial charge in [0.2, 0.25) is 5.91 Å². The molecule has 3 heterocycles. The van der Waals surface area contributed by atoms with Crippen LogP contribution in [0.25, 0.3) is 0 Å². The van der Waals surface area contributed by atoms with E-state index in [4.69, 9.17) is 4.74 Å². The van der Waals surface area contributed by atoms with Gasteiger partial charge in [0.25, 0.3) is 0 Å². The maximum atomic E-state index is 12.6. The Balaban J connectivity index is 1.45. The van der Waals surface area contributed by atoms with Gasteiger partial charge >= 0.3 is 0 Å². The zero-order chi connectivity index (χ0) is 14.7. The molecule has 5 heteroatoms. The molecule has 0 aliphatic carbocycles. The SMILES string of the molecule is C[C@H]1OCCN[C@@H]1C(=O)N1CCC(CN2CCCC2)CC1. The number of rotatable bonds is 3. The zero-order valence-corrected chi connectivity index (χ0v) is 13.2. The van der Waals surface area contributed by atoms with Crippen LogP contribution in [-0.4, -0.2) is 73.7 Å². The Labute approximate surface area is 128 Å². The van der Waals surface area contributed by atoms with E-state index in [-0.39, 0.29) is 18.1 Å². The molecule has 0 saturated carbocycles. The summed E-state index contributed by atoms with van der Waals surface area (Å²) in [7, 11) is 0. The number of ether oxygens (including phenoxy) is 1. The van der Waals surface area contributed by atoms with Crippen LogP contribution in [0.1, 0.15) is 32.6 Å². The molecule has 1 amide bonds. The van der Waals surface area contributed by atoms with Gasteiger partial charge in [-0.15, -0.1) is 0 Å². The first-order chi connectivity index (χ1) is 10.2. The van der Waals surface area contributed by atoms with Gasteiger partial charge in [-0.2, -0.15) is 0 Å². The number of nitrogens with zero attached hydrogens (tertiary/aromatic N) is 2. The molecule has 3 fully saturated rings. The quantitative estimate of drug-likeness (QED) is 0.832. The molecule has 3 rings (SSSR count). The number of piperidine rings is 1. The molecule has 0 aromatic heterocycles. The van der Waals surface area contributed by atoms with Crippen molar-refractivity contribution >= 4 is 5.91 Å². The Morgan fingerprint density at radius 2 is 1.90 bits per heavy atom. The van der Waals surface area contributed by atoms with Crippen molar-refractivity contribution in [2.45, 2.75) is 44.8 Å². The Hall–Kier alpha value is -0.650. The third kappa shape index (κ3) is 3.76. The van der Waals surface area contributed by atoms with E-state index in [9.17, 15) is 4.79 Å². The first-order valence-electron chi connectivity index (χ1n) is 8.60. The molecular weight excluding hydrogens is 266 g/mol. The molecule has 2 atom stereocenters. The summed E-state index contributed by atoms with van der Waals surface area (Å²) in [6.07, 6.45) is 5.04. The van der Waals surface area contributed by atoms with E-state index in [2.05, 4.69) is 10.2 Å². The highest BCUT2D eigenvalue weighted by Crippen LogP contribution is 2.21. The summed E-state index contributed by atoms with van der Waals surface area (Å²) < 4.78 is 5.60. The summed E-state index contributed by atoms with van der Waals surface area (Å²) in [6, 6.07) is -0.145. The first kappa shape index (κ1) is 15.3. The average Bonchev–Trinajstić information content (AvgIpc) is 3.01. The van der Waals surface area contributed by atoms with Crippen LogP contribution >= 0.6 is 0 Å². The van der Waals surface area contributed by atoms with E-state index < -0.39 is 0 Å². The van der Waals surface area contributed by atoms with Gasteiger partial charge in [0, 0.05) is 26.2 Å². The molecule has 0 aromatic carbocycles. The smallest absolute Gasteiger partial charge is 0.242 e. The van der Waals surface area contributed by atoms with Crippen LogP contribution < -0.4 is 5.32 Å². The van der Waals surface area contributed by atoms with Crippen molar-refractivity contribution in [3.05, 3.63) is 0 Å². The summed E-state index contributed by atoms with van der Waals surface area (Å²) in [4.78, 5) is 17.2. The van der Waals surface area contributed by atoms with Crippen molar-refractivity contribution in [3.63, 3.8) is 0 Å². The Kier molecular flexibility index (Phi) is 5.14. The van der Waals surface area contributed by atoms with E-state index in [1.807, 2.05) is 11.8 Å². The molecule has 21 heavy (non-hydrogen) atoms. The molecule has 0 unspecified atom stereocenters. The van der Waals surface area contributed by atoms with Gasteiger partial charge in [-0.05, 0) is 51.6 Å². The number of nitrogens with one attached hydrogen (secondary N) is 1.